The number of imide groups is 2. The largest absolute Gasteiger partial charge is 0.373 e. The van der Waals surface area contributed by atoms with Crippen LogP contribution < -0.4 is 16.0 Å². The monoisotopic (exact) mass is 413 g/mol. The van der Waals surface area contributed by atoms with Crippen molar-refractivity contribution in [3.8, 4) is 0 Å². The molecule has 10 nitrogen and oxygen atoms in total. The summed E-state index contributed by atoms with van der Waals surface area (Å²) in [4.78, 5) is 65.0. The first kappa shape index (κ1) is 20.0. The Labute approximate surface area is 172 Å². The molecule has 0 saturated carbocycles. The zero-order valence-electron chi connectivity index (χ0n) is 16.6. The number of amides is 5. The van der Waals surface area contributed by atoms with E-state index in [9.17, 15) is 24.0 Å². The van der Waals surface area contributed by atoms with Crippen molar-refractivity contribution < 1.29 is 24.0 Å². The fraction of sp³-hybridized carbons (Fsp3) is 0.450. The third kappa shape index (κ3) is 3.43. The van der Waals surface area contributed by atoms with Gasteiger partial charge in [-0.3, -0.25) is 34.2 Å². The van der Waals surface area contributed by atoms with Gasteiger partial charge in [-0.25, -0.2) is 0 Å². The number of hydrogen-bond acceptors (Lipinski definition) is 7. The van der Waals surface area contributed by atoms with Gasteiger partial charge in [-0.2, -0.15) is 0 Å². The van der Waals surface area contributed by atoms with Crippen molar-refractivity contribution >= 4 is 35.2 Å². The first-order valence-corrected chi connectivity index (χ1v) is 9.99. The second kappa shape index (κ2) is 7.86. The number of nitrogens with zero attached hydrogens (tertiary/aromatic N) is 2. The summed E-state index contributed by atoms with van der Waals surface area (Å²) in [5.74, 6) is -2.34. The Bertz CT molecular complexity index is 940. The van der Waals surface area contributed by atoms with E-state index in [-0.39, 0.29) is 29.9 Å². The molecular weight excluding hydrogens is 390 g/mol. The summed E-state index contributed by atoms with van der Waals surface area (Å²) < 4.78 is 0. The van der Waals surface area contributed by atoms with Gasteiger partial charge in [0.25, 0.3) is 11.8 Å². The van der Waals surface area contributed by atoms with Crippen LogP contribution >= 0.6 is 0 Å². The lowest BCUT2D eigenvalue weighted by molar-refractivity contribution is -0.136. The van der Waals surface area contributed by atoms with Crippen molar-refractivity contribution in [1.82, 2.24) is 20.4 Å². The molecule has 5 amide bonds. The molecule has 0 spiro atoms. The molecule has 30 heavy (non-hydrogen) atoms. The van der Waals surface area contributed by atoms with Gasteiger partial charge in [0, 0.05) is 38.3 Å². The van der Waals surface area contributed by atoms with Crippen LogP contribution in [0.3, 0.4) is 0 Å². The average Bonchev–Trinajstić information content (AvgIpc) is 2.99. The number of carbonyl (C=O) groups excluding carboxylic acids is 5. The van der Waals surface area contributed by atoms with Crippen LogP contribution in [0, 0.1) is 0 Å². The molecule has 3 aliphatic heterocycles. The quantitative estimate of drug-likeness (QED) is 0.558. The zero-order valence-corrected chi connectivity index (χ0v) is 16.6. The Morgan fingerprint density at radius 3 is 2.57 bits per heavy atom. The Morgan fingerprint density at radius 2 is 1.87 bits per heavy atom. The Hall–Kier alpha value is -3.27. The highest BCUT2D eigenvalue weighted by molar-refractivity contribution is 6.25. The first-order chi connectivity index (χ1) is 14.4. The molecule has 0 aromatic heterocycles. The number of anilines is 1. The normalized spacial score (nSPS) is 22.6. The van der Waals surface area contributed by atoms with Crippen LogP contribution in [0.5, 0.6) is 0 Å². The standard InChI is InChI=1S/C20H23N5O5/c1-11(18(28)24-9-7-21-8-10-24)22-13-4-2-3-12-16(13)20(30)25(19(12)29)14-5-6-15(26)23-17(14)27/h2-4,11,14,21-22H,5-10H2,1H3,(H,23,26,27)/t11-,14?/m0/s1. The molecular formula is C20H23N5O5. The van der Waals surface area contributed by atoms with E-state index in [0.29, 0.717) is 18.8 Å². The minimum atomic E-state index is -1.03. The van der Waals surface area contributed by atoms with E-state index >= 15 is 0 Å². The van der Waals surface area contributed by atoms with Crippen molar-refractivity contribution in [2.45, 2.75) is 31.8 Å². The number of fused-ring (bicyclic) bond motifs is 1. The fourth-order valence-electron chi connectivity index (χ4n) is 4.09. The lowest BCUT2D eigenvalue weighted by Gasteiger charge is -2.30. The predicted octanol–water partition coefficient (Wildman–Crippen LogP) is -0.680. The molecule has 3 aliphatic rings. The fourth-order valence-corrected chi connectivity index (χ4v) is 4.09. The van der Waals surface area contributed by atoms with Crippen molar-refractivity contribution in [1.29, 1.82) is 0 Å². The number of nitrogens with one attached hydrogen (secondary N) is 3. The van der Waals surface area contributed by atoms with Crippen molar-refractivity contribution in [3.05, 3.63) is 29.3 Å². The van der Waals surface area contributed by atoms with Crippen LogP contribution in [0.15, 0.2) is 18.2 Å². The summed E-state index contributed by atoms with van der Waals surface area (Å²) >= 11 is 0. The first-order valence-electron chi connectivity index (χ1n) is 9.99. The zero-order chi connectivity index (χ0) is 21.4. The lowest BCUT2D eigenvalue weighted by Crippen LogP contribution is -2.54. The van der Waals surface area contributed by atoms with Gasteiger partial charge in [-0.15, -0.1) is 0 Å². The maximum atomic E-state index is 13.1. The molecule has 4 rings (SSSR count). The summed E-state index contributed by atoms with van der Waals surface area (Å²) in [5, 5.41) is 8.43. The molecule has 3 N–H and O–H groups in total. The van der Waals surface area contributed by atoms with Crippen LogP contribution in [-0.4, -0.2) is 77.6 Å². The van der Waals surface area contributed by atoms with E-state index in [1.165, 1.54) is 6.07 Å². The smallest absolute Gasteiger partial charge is 0.264 e. The number of carbonyl (C=O) groups is 5. The molecule has 2 saturated heterocycles. The highest BCUT2D eigenvalue weighted by Crippen LogP contribution is 2.32. The molecule has 1 aromatic rings. The lowest BCUT2D eigenvalue weighted by atomic mass is 10.0. The Kier molecular flexibility index (Phi) is 5.25. The highest BCUT2D eigenvalue weighted by Gasteiger charge is 2.45. The molecule has 2 atom stereocenters. The van der Waals surface area contributed by atoms with E-state index in [1.807, 2.05) is 0 Å². The maximum Gasteiger partial charge on any atom is 0.264 e. The number of piperidine rings is 1. The van der Waals surface area contributed by atoms with E-state index in [4.69, 9.17) is 0 Å². The third-order valence-corrected chi connectivity index (χ3v) is 5.64. The van der Waals surface area contributed by atoms with Crippen molar-refractivity contribution in [2.75, 3.05) is 31.5 Å². The molecule has 3 heterocycles. The molecule has 1 unspecified atom stereocenters. The van der Waals surface area contributed by atoms with Crippen LogP contribution in [0.2, 0.25) is 0 Å². The molecule has 158 valence electrons. The van der Waals surface area contributed by atoms with E-state index in [2.05, 4.69) is 16.0 Å². The minimum absolute atomic E-state index is 0.0607. The summed E-state index contributed by atoms with van der Waals surface area (Å²) in [7, 11) is 0. The molecule has 10 heteroatoms. The van der Waals surface area contributed by atoms with Gasteiger partial charge in [0.2, 0.25) is 17.7 Å². The van der Waals surface area contributed by atoms with Crippen molar-refractivity contribution in [2.24, 2.45) is 0 Å². The number of hydrogen-bond donors (Lipinski definition) is 3. The molecule has 0 aliphatic carbocycles. The van der Waals surface area contributed by atoms with Crippen molar-refractivity contribution in [3.63, 3.8) is 0 Å². The van der Waals surface area contributed by atoms with Gasteiger partial charge >= 0.3 is 0 Å². The topological polar surface area (TPSA) is 128 Å². The third-order valence-electron chi connectivity index (χ3n) is 5.64. The van der Waals surface area contributed by atoms with Crippen LogP contribution in [0.25, 0.3) is 0 Å². The second-order valence-corrected chi connectivity index (χ2v) is 7.62. The van der Waals surface area contributed by atoms with Gasteiger partial charge in [-0.05, 0) is 25.5 Å². The maximum absolute atomic E-state index is 13.1. The van der Waals surface area contributed by atoms with Gasteiger partial charge in [-0.1, -0.05) is 6.07 Å². The molecule has 0 radical (unpaired) electrons. The predicted molar refractivity (Wildman–Crippen MR) is 106 cm³/mol. The van der Waals surface area contributed by atoms with Gasteiger partial charge in [0.1, 0.15) is 12.1 Å². The summed E-state index contributed by atoms with van der Waals surface area (Å²) in [6.45, 7) is 4.39. The summed E-state index contributed by atoms with van der Waals surface area (Å²) in [6.07, 6.45) is 0.155. The minimum Gasteiger partial charge on any atom is -0.373 e. The SMILES string of the molecule is C[C@H](Nc1cccc2c1C(=O)N(C1CCC(=O)NC1=O)C2=O)C(=O)N1CCNCC1. The molecule has 0 bridgehead atoms. The highest BCUT2D eigenvalue weighted by atomic mass is 16.2. The van der Waals surface area contributed by atoms with Crippen LogP contribution in [0.1, 0.15) is 40.5 Å². The molecule has 1 aromatic carbocycles. The second-order valence-electron chi connectivity index (χ2n) is 7.62. The number of piperazine rings is 1. The number of benzene rings is 1. The van der Waals surface area contributed by atoms with Crippen LogP contribution in [0.4, 0.5) is 5.69 Å². The van der Waals surface area contributed by atoms with Crippen LogP contribution in [-0.2, 0) is 14.4 Å². The van der Waals surface area contributed by atoms with Gasteiger partial charge in [0.05, 0.1) is 11.1 Å². The van der Waals surface area contributed by atoms with Gasteiger partial charge in [0.15, 0.2) is 0 Å². The van der Waals surface area contributed by atoms with Gasteiger partial charge < -0.3 is 15.5 Å². The summed E-state index contributed by atoms with van der Waals surface area (Å²) in [5.41, 5.74) is 0.695. The Morgan fingerprint density at radius 1 is 1.13 bits per heavy atom. The van der Waals surface area contributed by atoms with E-state index in [1.54, 1.807) is 24.0 Å². The van der Waals surface area contributed by atoms with E-state index < -0.39 is 35.7 Å². The Balaban J connectivity index is 1.56. The van der Waals surface area contributed by atoms with E-state index in [0.717, 1.165) is 18.0 Å². The summed E-state index contributed by atoms with van der Waals surface area (Å²) in [6, 6.07) is 3.17. The molecule has 2 fully saturated rings. The number of rotatable bonds is 4. The average molecular weight is 413 g/mol.